The van der Waals surface area contributed by atoms with E-state index in [1.54, 1.807) is 6.07 Å². The van der Waals surface area contributed by atoms with Crippen LogP contribution in [0.1, 0.15) is 27.0 Å². The number of hydrogen-bond acceptors (Lipinski definition) is 3. The fourth-order valence-electron chi connectivity index (χ4n) is 2.68. The van der Waals surface area contributed by atoms with Gasteiger partial charge in [-0.25, -0.2) is 4.39 Å². The van der Waals surface area contributed by atoms with Crippen LogP contribution in [0.15, 0.2) is 30.3 Å². The van der Waals surface area contributed by atoms with Crippen molar-refractivity contribution in [1.29, 1.82) is 5.26 Å². The molecule has 0 N–H and O–H groups in total. The first kappa shape index (κ1) is 17.8. The average molecular weight is 371 g/mol. The van der Waals surface area contributed by atoms with Crippen molar-refractivity contribution in [1.82, 2.24) is 0 Å². The zero-order valence-corrected chi connectivity index (χ0v) is 12.6. The summed E-state index contributed by atoms with van der Waals surface area (Å²) in [6.07, 6.45) is -6.27. The Morgan fingerprint density at radius 1 is 1.12 bits per heavy atom. The predicted octanol–water partition coefficient (Wildman–Crippen LogP) is 4.88. The smallest absolute Gasteiger partial charge is 0.417 e. The zero-order chi connectivity index (χ0) is 19.3. The minimum Gasteiger partial charge on any atom is -0.456 e. The number of alkyl halides is 5. The molecule has 1 aliphatic rings. The molecule has 0 aromatic heterocycles. The second kappa shape index (κ2) is 5.76. The summed E-state index contributed by atoms with van der Waals surface area (Å²) in [6.45, 7) is 0. The first-order valence-electron chi connectivity index (χ1n) is 7.08. The Bertz CT molecular complexity index is 959. The number of fused-ring (bicyclic) bond motifs is 1. The van der Waals surface area contributed by atoms with Crippen molar-refractivity contribution in [3.05, 3.63) is 58.4 Å². The number of rotatable bonds is 2. The summed E-state index contributed by atoms with van der Waals surface area (Å²) in [5.41, 5.74) is -3.53. The molecule has 0 bridgehead atoms. The van der Waals surface area contributed by atoms with Gasteiger partial charge >= 0.3 is 12.1 Å². The maximum absolute atomic E-state index is 13.7. The van der Waals surface area contributed by atoms with Crippen LogP contribution in [0.3, 0.4) is 0 Å². The Kier molecular flexibility index (Phi) is 3.94. The molecule has 0 unspecified atom stereocenters. The lowest BCUT2D eigenvalue weighted by molar-refractivity contribution is -0.138. The third kappa shape index (κ3) is 2.87. The molecule has 0 atom stereocenters. The van der Waals surface area contributed by atoms with Crippen LogP contribution in [-0.2, 0) is 12.6 Å². The van der Waals surface area contributed by atoms with Gasteiger partial charge in [-0.15, -0.1) is 0 Å². The summed E-state index contributed by atoms with van der Waals surface area (Å²) in [4.78, 5) is 11.8. The van der Waals surface area contributed by atoms with Crippen LogP contribution in [0.5, 0.6) is 11.5 Å². The third-order valence-corrected chi connectivity index (χ3v) is 3.82. The van der Waals surface area contributed by atoms with E-state index in [4.69, 9.17) is 10.00 Å². The lowest BCUT2D eigenvalue weighted by Crippen LogP contribution is -2.25. The predicted molar refractivity (Wildman–Crippen MR) is 75.6 cm³/mol. The molecule has 9 heteroatoms. The van der Waals surface area contributed by atoms with Crippen molar-refractivity contribution in [2.75, 3.05) is 0 Å². The molecule has 134 valence electrons. The summed E-state index contributed by atoms with van der Waals surface area (Å²) < 4.78 is 85.1. The van der Waals surface area contributed by atoms with Crippen LogP contribution < -0.4 is 4.74 Å². The van der Waals surface area contributed by atoms with Crippen LogP contribution in [0.2, 0.25) is 0 Å². The summed E-state index contributed by atoms with van der Waals surface area (Å²) in [5.74, 6) is -7.36. The number of hydrogen-bond donors (Lipinski definition) is 0. The van der Waals surface area contributed by atoms with Gasteiger partial charge in [0.25, 0.3) is 0 Å². The van der Waals surface area contributed by atoms with Gasteiger partial charge in [0.1, 0.15) is 23.4 Å². The van der Waals surface area contributed by atoms with E-state index in [9.17, 15) is 31.1 Å². The molecule has 0 fully saturated rings. The Morgan fingerprint density at radius 3 is 2.38 bits per heavy atom. The average Bonchev–Trinajstić information content (AvgIpc) is 2.79. The molecule has 26 heavy (non-hydrogen) atoms. The Morgan fingerprint density at radius 2 is 1.77 bits per heavy atom. The molecule has 0 saturated heterocycles. The van der Waals surface area contributed by atoms with Gasteiger partial charge in [0.05, 0.1) is 11.1 Å². The van der Waals surface area contributed by atoms with E-state index in [0.717, 1.165) is 24.3 Å². The third-order valence-electron chi connectivity index (χ3n) is 3.82. The maximum atomic E-state index is 13.7. The lowest BCUT2D eigenvalue weighted by atomic mass is 10.0. The summed E-state index contributed by atoms with van der Waals surface area (Å²) >= 11 is 0. The normalized spacial score (nSPS) is 15.5. The molecule has 0 spiro atoms. The highest BCUT2D eigenvalue weighted by Crippen LogP contribution is 2.46. The number of Topliss-reactive ketones (excluding diaryl/α,β-unsaturated/α-hetero) is 1. The van der Waals surface area contributed by atoms with Crippen molar-refractivity contribution < 1.29 is 35.9 Å². The molecule has 0 aliphatic heterocycles. The Balaban J connectivity index is 2.15. The van der Waals surface area contributed by atoms with Gasteiger partial charge in [-0.2, -0.15) is 27.2 Å². The van der Waals surface area contributed by atoms with E-state index < -0.39 is 52.6 Å². The van der Waals surface area contributed by atoms with E-state index in [-0.39, 0.29) is 11.3 Å². The molecule has 2 aromatic carbocycles. The van der Waals surface area contributed by atoms with E-state index in [0.29, 0.717) is 6.07 Å². The van der Waals surface area contributed by atoms with E-state index in [1.807, 2.05) is 0 Å². The topological polar surface area (TPSA) is 50.1 Å². The van der Waals surface area contributed by atoms with Gasteiger partial charge in [-0.1, -0.05) is 0 Å². The first-order chi connectivity index (χ1) is 12.0. The fourth-order valence-corrected chi connectivity index (χ4v) is 2.68. The first-order valence-corrected chi connectivity index (χ1v) is 7.08. The van der Waals surface area contributed by atoms with Crippen molar-refractivity contribution in [2.24, 2.45) is 0 Å². The van der Waals surface area contributed by atoms with Crippen LogP contribution in [-0.4, -0.2) is 11.7 Å². The van der Waals surface area contributed by atoms with Crippen LogP contribution >= 0.6 is 0 Å². The van der Waals surface area contributed by atoms with Gasteiger partial charge in [0.15, 0.2) is 0 Å². The number of carbonyl (C=O) groups excluding carboxylic acids is 1. The molecular weight excluding hydrogens is 364 g/mol. The largest absolute Gasteiger partial charge is 0.456 e. The SMILES string of the molecule is N#Cc1cc(F)ccc1Oc1ccc(C(F)(F)F)c2c1CC(F)(F)C2=O. The molecule has 3 rings (SSSR count). The minimum atomic E-state index is -5.01. The zero-order valence-electron chi connectivity index (χ0n) is 12.6. The highest BCUT2D eigenvalue weighted by molar-refractivity contribution is 6.07. The van der Waals surface area contributed by atoms with Gasteiger partial charge in [0.2, 0.25) is 5.78 Å². The van der Waals surface area contributed by atoms with Gasteiger partial charge in [-0.05, 0) is 30.3 Å². The standard InChI is InChI=1S/C17H7F6NO2/c18-9-1-3-12(8(5-9)7-24)26-13-4-2-11(17(21,22)23)14-10(13)6-16(19,20)15(14)25/h1-5H,6H2. The van der Waals surface area contributed by atoms with Crippen molar-refractivity contribution in [3.63, 3.8) is 0 Å². The number of carbonyl (C=O) groups is 1. The van der Waals surface area contributed by atoms with Crippen molar-refractivity contribution in [2.45, 2.75) is 18.5 Å². The van der Waals surface area contributed by atoms with Crippen molar-refractivity contribution >= 4 is 5.78 Å². The highest BCUT2D eigenvalue weighted by atomic mass is 19.4. The van der Waals surface area contributed by atoms with Crippen LogP contribution in [0.4, 0.5) is 26.3 Å². The molecule has 0 heterocycles. The molecular formula is C17H7F6NO2. The molecule has 0 saturated carbocycles. The second-order valence-electron chi connectivity index (χ2n) is 5.53. The van der Waals surface area contributed by atoms with E-state index >= 15 is 0 Å². The van der Waals surface area contributed by atoms with Gasteiger partial charge in [0, 0.05) is 17.5 Å². The Hall–Kier alpha value is -3.02. The lowest BCUT2D eigenvalue weighted by Gasteiger charge is -2.15. The number of halogens is 6. The summed E-state index contributed by atoms with van der Waals surface area (Å²) in [7, 11) is 0. The Labute approximate surface area is 142 Å². The highest BCUT2D eigenvalue weighted by Gasteiger charge is 2.52. The fraction of sp³-hybridized carbons (Fsp3) is 0.176. The maximum Gasteiger partial charge on any atom is 0.417 e. The molecule has 2 aromatic rings. The number of ketones is 1. The van der Waals surface area contributed by atoms with E-state index in [1.165, 1.54) is 0 Å². The minimum absolute atomic E-state index is 0.237. The van der Waals surface area contributed by atoms with Crippen LogP contribution in [0, 0.1) is 17.1 Å². The molecule has 0 radical (unpaired) electrons. The number of ether oxygens (including phenoxy) is 1. The molecule has 3 nitrogen and oxygen atoms in total. The summed E-state index contributed by atoms with van der Waals surface area (Å²) in [6, 6.07) is 5.66. The van der Waals surface area contributed by atoms with Crippen molar-refractivity contribution in [3.8, 4) is 17.6 Å². The van der Waals surface area contributed by atoms with Gasteiger partial charge < -0.3 is 4.74 Å². The van der Waals surface area contributed by atoms with Gasteiger partial charge in [-0.3, -0.25) is 4.79 Å². The van der Waals surface area contributed by atoms with Crippen LogP contribution in [0.25, 0.3) is 0 Å². The number of benzene rings is 2. The molecule has 0 amide bonds. The number of nitrogens with zero attached hydrogens (tertiary/aromatic N) is 1. The quantitative estimate of drug-likeness (QED) is 0.707. The second-order valence-corrected chi connectivity index (χ2v) is 5.53. The number of nitriles is 1. The molecule has 1 aliphatic carbocycles. The van der Waals surface area contributed by atoms with E-state index in [2.05, 4.69) is 0 Å². The monoisotopic (exact) mass is 371 g/mol. The summed E-state index contributed by atoms with van der Waals surface area (Å²) in [5, 5.41) is 8.97.